The van der Waals surface area contributed by atoms with Gasteiger partial charge in [0.15, 0.2) is 6.10 Å². The molecule has 4 N–H and O–H groups in total. The first kappa shape index (κ1) is 35.7. The minimum absolute atomic E-state index is 0.0218. The number of alkyl halides is 3. The number of carbonyl (C=O) groups excluding carboxylic acids is 3. The number of ether oxygens (including phenoxy) is 1. The van der Waals surface area contributed by atoms with Gasteiger partial charge in [0, 0.05) is 16.5 Å². The van der Waals surface area contributed by atoms with Gasteiger partial charge in [-0.2, -0.15) is 13.2 Å². The Morgan fingerprint density at radius 3 is 1.96 bits per heavy atom. The molecule has 3 amide bonds. The SMILES string of the molecule is COc1ccc([C@H](NC(=O)[C@H](Cc2cccc(Cl)c2)NC(=O)Cc2cccc(Cl)c2)C(=O)N[C@@H](C(C)C)[C@H](O)C(F)(F)F)cc1. The average Bonchev–Trinajstić information content (AvgIpc) is 2.97. The highest BCUT2D eigenvalue weighted by atomic mass is 35.5. The molecule has 0 spiro atoms. The lowest BCUT2D eigenvalue weighted by Crippen LogP contribution is -2.56. The first-order valence-corrected chi connectivity index (χ1v) is 14.7. The number of carbonyl (C=O) groups is 3. The third kappa shape index (κ3) is 10.7. The van der Waals surface area contributed by atoms with E-state index in [1.165, 1.54) is 45.2 Å². The van der Waals surface area contributed by atoms with Crippen molar-refractivity contribution in [3.8, 4) is 5.75 Å². The molecule has 3 rings (SSSR count). The molecule has 8 nitrogen and oxygen atoms in total. The fraction of sp³-hybridized carbons (Fsp3) is 0.344. The average molecular weight is 669 g/mol. The third-order valence-corrected chi connectivity index (χ3v) is 7.41. The smallest absolute Gasteiger partial charge is 0.416 e. The molecule has 0 unspecified atom stereocenters. The molecule has 3 aromatic rings. The minimum atomic E-state index is -5.00. The molecule has 45 heavy (non-hydrogen) atoms. The second-order valence-electron chi connectivity index (χ2n) is 10.7. The van der Waals surface area contributed by atoms with Crippen LogP contribution in [-0.2, 0) is 27.2 Å². The van der Waals surface area contributed by atoms with Crippen LogP contribution >= 0.6 is 23.2 Å². The van der Waals surface area contributed by atoms with E-state index >= 15 is 0 Å². The summed E-state index contributed by atoms with van der Waals surface area (Å²) < 4.78 is 45.4. The number of rotatable bonds is 13. The van der Waals surface area contributed by atoms with Crippen molar-refractivity contribution < 1.29 is 37.4 Å². The molecule has 0 bridgehead atoms. The molecule has 0 aliphatic carbocycles. The Morgan fingerprint density at radius 2 is 1.42 bits per heavy atom. The topological polar surface area (TPSA) is 117 Å². The summed E-state index contributed by atoms with van der Waals surface area (Å²) in [5.74, 6) is -2.69. The van der Waals surface area contributed by atoms with Crippen LogP contribution in [0.15, 0.2) is 72.8 Å². The van der Waals surface area contributed by atoms with Crippen molar-refractivity contribution >= 4 is 40.9 Å². The van der Waals surface area contributed by atoms with Crippen molar-refractivity contribution in [2.24, 2.45) is 5.92 Å². The molecule has 242 valence electrons. The number of hydrogen-bond acceptors (Lipinski definition) is 5. The quantitative estimate of drug-likeness (QED) is 0.200. The van der Waals surface area contributed by atoms with Gasteiger partial charge >= 0.3 is 6.18 Å². The van der Waals surface area contributed by atoms with Gasteiger partial charge in [0.1, 0.15) is 17.8 Å². The largest absolute Gasteiger partial charge is 0.497 e. The summed E-state index contributed by atoms with van der Waals surface area (Å²) in [6.07, 6.45) is -7.98. The van der Waals surface area contributed by atoms with E-state index in [-0.39, 0.29) is 18.4 Å². The van der Waals surface area contributed by atoms with Gasteiger partial charge in [-0.05, 0) is 59.0 Å². The van der Waals surface area contributed by atoms with E-state index in [0.29, 0.717) is 26.9 Å². The zero-order valence-corrected chi connectivity index (χ0v) is 26.2. The fourth-order valence-electron chi connectivity index (χ4n) is 4.59. The molecule has 3 aromatic carbocycles. The van der Waals surface area contributed by atoms with Crippen LogP contribution in [0.5, 0.6) is 5.75 Å². The zero-order valence-electron chi connectivity index (χ0n) is 24.7. The number of methoxy groups -OCH3 is 1. The molecule has 0 fully saturated rings. The Hall–Kier alpha value is -3.80. The summed E-state index contributed by atoms with van der Waals surface area (Å²) in [5.41, 5.74) is 1.42. The van der Waals surface area contributed by atoms with Gasteiger partial charge in [-0.15, -0.1) is 0 Å². The van der Waals surface area contributed by atoms with Gasteiger partial charge in [-0.25, -0.2) is 0 Å². The van der Waals surface area contributed by atoms with E-state index in [4.69, 9.17) is 27.9 Å². The van der Waals surface area contributed by atoms with Crippen LogP contribution in [0, 0.1) is 5.92 Å². The third-order valence-electron chi connectivity index (χ3n) is 6.93. The summed E-state index contributed by atoms with van der Waals surface area (Å²) in [5, 5.41) is 18.3. The summed E-state index contributed by atoms with van der Waals surface area (Å²) in [6.45, 7) is 2.83. The molecule has 0 saturated heterocycles. The molecular weight excluding hydrogens is 634 g/mol. The van der Waals surface area contributed by atoms with Crippen LogP contribution in [0.3, 0.4) is 0 Å². The number of hydrogen-bond donors (Lipinski definition) is 4. The van der Waals surface area contributed by atoms with E-state index in [9.17, 15) is 32.7 Å². The van der Waals surface area contributed by atoms with Gasteiger partial charge in [0.25, 0.3) is 0 Å². The Bertz CT molecular complexity index is 1470. The predicted octanol–water partition coefficient (Wildman–Crippen LogP) is 5.19. The first-order valence-electron chi connectivity index (χ1n) is 14.0. The lowest BCUT2D eigenvalue weighted by molar-refractivity contribution is -0.215. The highest BCUT2D eigenvalue weighted by Gasteiger charge is 2.46. The number of aliphatic hydroxyl groups is 1. The molecule has 0 saturated carbocycles. The fourth-order valence-corrected chi connectivity index (χ4v) is 5.01. The second-order valence-corrected chi connectivity index (χ2v) is 11.6. The van der Waals surface area contributed by atoms with E-state index in [0.717, 1.165) is 0 Å². The van der Waals surface area contributed by atoms with E-state index in [2.05, 4.69) is 16.0 Å². The highest BCUT2D eigenvalue weighted by Crippen LogP contribution is 2.27. The van der Waals surface area contributed by atoms with E-state index in [1.54, 1.807) is 48.5 Å². The maximum Gasteiger partial charge on any atom is 0.416 e. The van der Waals surface area contributed by atoms with Crippen LogP contribution in [-0.4, -0.2) is 54.3 Å². The number of halogens is 5. The summed E-state index contributed by atoms with van der Waals surface area (Å²) in [4.78, 5) is 40.4. The summed E-state index contributed by atoms with van der Waals surface area (Å²) in [7, 11) is 1.43. The lowest BCUT2D eigenvalue weighted by Gasteiger charge is -2.31. The van der Waals surface area contributed by atoms with Crippen LogP contribution in [0.25, 0.3) is 0 Å². The van der Waals surface area contributed by atoms with Crippen molar-refractivity contribution in [2.75, 3.05) is 7.11 Å². The lowest BCUT2D eigenvalue weighted by atomic mass is 9.96. The predicted molar refractivity (Wildman–Crippen MR) is 165 cm³/mol. The number of benzene rings is 3. The maximum atomic E-state index is 13.8. The van der Waals surface area contributed by atoms with Crippen molar-refractivity contribution in [2.45, 2.75) is 57.1 Å². The van der Waals surface area contributed by atoms with Crippen molar-refractivity contribution in [1.82, 2.24) is 16.0 Å². The van der Waals surface area contributed by atoms with Gasteiger partial charge in [-0.3, -0.25) is 14.4 Å². The van der Waals surface area contributed by atoms with Gasteiger partial charge in [0.2, 0.25) is 17.7 Å². The molecular formula is C32H34Cl2F3N3O5. The molecule has 4 atom stereocenters. The van der Waals surface area contributed by atoms with E-state index in [1.807, 2.05) is 0 Å². The molecule has 13 heteroatoms. The second kappa shape index (κ2) is 16.0. The van der Waals surface area contributed by atoms with Crippen LogP contribution < -0.4 is 20.7 Å². The standard InChI is InChI=1S/C32H34Cl2F3N3O5/c1-18(2)27(29(42)32(35,36)37)39-31(44)28(21-10-12-24(45-3)13-11-21)40-30(43)25(16-19-6-4-8-22(33)14-19)38-26(41)17-20-7-5-9-23(34)15-20/h4-15,18,25,27-29,42H,16-17H2,1-3H3,(H,38,41)(H,39,44)(H,40,43)/t25-,27-,28-,29-/m0/s1. The number of nitrogens with one attached hydrogen (secondary N) is 3. The van der Waals surface area contributed by atoms with Crippen LogP contribution in [0.2, 0.25) is 10.0 Å². The van der Waals surface area contributed by atoms with E-state index < -0.39 is 54.0 Å². The van der Waals surface area contributed by atoms with Crippen molar-refractivity contribution in [3.63, 3.8) is 0 Å². The zero-order chi connectivity index (χ0) is 33.3. The molecule has 0 radical (unpaired) electrons. The maximum absolute atomic E-state index is 13.8. The molecule has 0 heterocycles. The number of amides is 3. The Morgan fingerprint density at radius 1 is 0.844 bits per heavy atom. The van der Waals surface area contributed by atoms with Crippen LogP contribution in [0.4, 0.5) is 13.2 Å². The Labute approximate surface area is 269 Å². The van der Waals surface area contributed by atoms with Crippen molar-refractivity contribution in [3.05, 3.63) is 99.5 Å². The molecule has 0 aliphatic heterocycles. The summed E-state index contributed by atoms with van der Waals surface area (Å²) in [6, 6.07) is 14.8. The Kier molecular flexibility index (Phi) is 12.7. The normalized spacial score (nSPS) is 14.2. The van der Waals surface area contributed by atoms with Crippen LogP contribution in [0.1, 0.15) is 36.6 Å². The molecule has 0 aliphatic rings. The van der Waals surface area contributed by atoms with Gasteiger partial charge in [0.05, 0.1) is 19.6 Å². The minimum Gasteiger partial charge on any atom is -0.497 e. The molecule has 0 aromatic heterocycles. The van der Waals surface area contributed by atoms with Gasteiger partial charge < -0.3 is 25.8 Å². The Balaban J connectivity index is 1.93. The van der Waals surface area contributed by atoms with Gasteiger partial charge in [-0.1, -0.05) is 73.4 Å². The first-order chi connectivity index (χ1) is 21.2. The summed E-state index contributed by atoms with van der Waals surface area (Å²) >= 11 is 12.2. The monoisotopic (exact) mass is 667 g/mol. The number of aliphatic hydroxyl groups excluding tert-OH is 1. The van der Waals surface area contributed by atoms with Crippen molar-refractivity contribution in [1.29, 1.82) is 0 Å². The highest BCUT2D eigenvalue weighted by molar-refractivity contribution is 6.30.